The van der Waals surface area contributed by atoms with Gasteiger partial charge in [-0.1, -0.05) is 32.0 Å². The molecule has 0 aliphatic rings. The summed E-state index contributed by atoms with van der Waals surface area (Å²) >= 11 is 0. The lowest BCUT2D eigenvalue weighted by atomic mass is 9.97. The Bertz CT molecular complexity index is 877. The van der Waals surface area contributed by atoms with Crippen LogP contribution < -0.4 is 16.0 Å². The number of H-pyrrole nitrogens is 1. The van der Waals surface area contributed by atoms with Gasteiger partial charge in [0.05, 0.1) is 6.61 Å². The van der Waals surface area contributed by atoms with Crippen LogP contribution in [0.1, 0.15) is 31.5 Å². The van der Waals surface area contributed by atoms with Crippen molar-refractivity contribution < 1.29 is 24.6 Å². The summed E-state index contributed by atoms with van der Waals surface area (Å²) in [6, 6.07) is 6.96. The quantitative estimate of drug-likeness (QED) is 0.324. The number of fused-ring (bicyclic) bond motifs is 1. The number of aromatic nitrogens is 1. The lowest BCUT2D eigenvalue weighted by Gasteiger charge is -2.19. The van der Waals surface area contributed by atoms with E-state index in [1.165, 1.54) is 0 Å². The normalized spacial score (nSPS) is 12.0. The lowest BCUT2D eigenvalue weighted by Crippen LogP contribution is -2.49. The zero-order valence-electron chi connectivity index (χ0n) is 17.3. The van der Waals surface area contributed by atoms with Crippen molar-refractivity contribution in [1.82, 2.24) is 20.9 Å². The average molecular weight is 418 g/mol. The molecule has 6 N–H and O–H groups in total. The highest BCUT2D eigenvalue weighted by atomic mass is 16.4. The second-order valence-corrected chi connectivity index (χ2v) is 7.55. The van der Waals surface area contributed by atoms with Gasteiger partial charge in [0.25, 0.3) is 0 Å². The number of para-hydroxylation sites is 1. The van der Waals surface area contributed by atoms with Crippen LogP contribution in [0.3, 0.4) is 0 Å². The second kappa shape index (κ2) is 11.2. The molecule has 0 aliphatic heterocycles. The van der Waals surface area contributed by atoms with Crippen molar-refractivity contribution in [3.63, 3.8) is 0 Å². The molecule has 0 bridgehead atoms. The van der Waals surface area contributed by atoms with Crippen LogP contribution in [0.4, 0.5) is 4.79 Å². The third kappa shape index (κ3) is 6.77. The monoisotopic (exact) mass is 418 g/mol. The third-order valence-electron chi connectivity index (χ3n) is 4.61. The van der Waals surface area contributed by atoms with Gasteiger partial charge >= 0.3 is 6.09 Å². The van der Waals surface area contributed by atoms with E-state index in [2.05, 4.69) is 34.8 Å². The summed E-state index contributed by atoms with van der Waals surface area (Å²) in [6.45, 7) is 4.05. The Balaban J connectivity index is 2.25. The molecule has 3 amide bonds. The number of hydrogen-bond acceptors (Lipinski definition) is 4. The Kier molecular flexibility index (Phi) is 8.67. The molecule has 9 nitrogen and oxygen atoms in total. The van der Waals surface area contributed by atoms with Gasteiger partial charge in [-0.2, -0.15) is 0 Å². The fourth-order valence-corrected chi connectivity index (χ4v) is 3.34. The van der Waals surface area contributed by atoms with E-state index in [4.69, 9.17) is 10.2 Å². The molecule has 0 fully saturated rings. The minimum absolute atomic E-state index is 0.0438. The standard InChI is InChI=1S/C21H30N4O5/c1-13(2)11-17-15(14-5-3-4-6-16(14)24-17)12-18(20(28)22-9-10-26)25-19(27)7-8-23-21(29)30/h3-6,13,18,23-24,26H,7-12H2,1-2H3,(H,22,28)(H,25,27)(H,29,30)/t18-/m0/s1. The number of carbonyl (C=O) groups excluding carboxylic acids is 2. The summed E-state index contributed by atoms with van der Waals surface area (Å²) in [5.41, 5.74) is 2.95. The summed E-state index contributed by atoms with van der Waals surface area (Å²) in [6.07, 6.45) is -0.215. The number of rotatable bonds is 11. The second-order valence-electron chi connectivity index (χ2n) is 7.55. The molecule has 30 heavy (non-hydrogen) atoms. The van der Waals surface area contributed by atoms with Crippen molar-refractivity contribution in [3.05, 3.63) is 35.5 Å². The summed E-state index contributed by atoms with van der Waals surface area (Å²) in [7, 11) is 0. The van der Waals surface area contributed by atoms with Crippen LogP contribution in [0.5, 0.6) is 0 Å². The van der Waals surface area contributed by atoms with Crippen molar-refractivity contribution >= 4 is 28.8 Å². The van der Waals surface area contributed by atoms with Gasteiger partial charge in [-0.25, -0.2) is 4.79 Å². The van der Waals surface area contributed by atoms with Crippen molar-refractivity contribution in [2.75, 3.05) is 19.7 Å². The topological polar surface area (TPSA) is 144 Å². The van der Waals surface area contributed by atoms with Crippen LogP contribution in [0.15, 0.2) is 24.3 Å². The van der Waals surface area contributed by atoms with Crippen LogP contribution in [-0.4, -0.2) is 58.8 Å². The molecule has 0 radical (unpaired) electrons. The molecule has 9 heteroatoms. The van der Waals surface area contributed by atoms with Crippen molar-refractivity contribution in [2.45, 2.75) is 39.2 Å². The molecule has 1 atom stereocenters. The summed E-state index contributed by atoms with van der Waals surface area (Å²) in [4.78, 5) is 38.9. The Morgan fingerprint density at radius 3 is 2.47 bits per heavy atom. The zero-order valence-corrected chi connectivity index (χ0v) is 17.3. The number of hydrogen-bond donors (Lipinski definition) is 6. The molecular formula is C21H30N4O5. The first-order valence-electron chi connectivity index (χ1n) is 10.0. The van der Waals surface area contributed by atoms with Crippen LogP contribution in [0.25, 0.3) is 10.9 Å². The number of aliphatic hydroxyl groups is 1. The molecule has 164 valence electrons. The predicted octanol–water partition coefficient (Wildman–Crippen LogP) is 1.16. The predicted molar refractivity (Wildman–Crippen MR) is 113 cm³/mol. The Hall–Kier alpha value is -3.07. The third-order valence-corrected chi connectivity index (χ3v) is 4.61. The summed E-state index contributed by atoms with van der Waals surface area (Å²) in [5.74, 6) is -0.433. The molecule has 0 saturated heterocycles. The lowest BCUT2D eigenvalue weighted by molar-refractivity contribution is -0.129. The first-order valence-corrected chi connectivity index (χ1v) is 10.0. The van der Waals surface area contributed by atoms with Gasteiger partial charge in [0.15, 0.2) is 0 Å². The molecule has 2 aromatic rings. The highest BCUT2D eigenvalue weighted by Crippen LogP contribution is 2.26. The Morgan fingerprint density at radius 1 is 1.07 bits per heavy atom. The smallest absolute Gasteiger partial charge is 0.404 e. The average Bonchev–Trinajstić information content (AvgIpc) is 3.01. The molecule has 1 heterocycles. The highest BCUT2D eigenvalue weighted by Gasteiger charge is 2.24. The minimum atomic E-state index is -1.21. The fraction of sp³-hybridized carbons (Fsp3) is 0.476. The van der Waals surface area contributed by atoms with Gasteiger partial charge in [-0.15, -0.1) is 0 Å². The maximum absolute atomic E-state index is 12.7. The van der Waals surface area contributed by atoms with Gasteiger partial charge in [0.2, 0.25) is 11.8 Å². The number of aliphatic hydroxyl groups excluding tert-OH is 1. The van der Waals surface area contributed by atoms with E-state index < -0.39 is 23.9 Å². The van der Waals surface area contributed by atoms with Gasteiger partial charge in [0, 0.05) is 42.5 Å². The van der Waals surface area contributed by atoms with Crippen molar-refractivity contribution in [2.24, 2.45) is 5.92 Å². The van der Waals surface area contributed by atoms with Crippen molar-refractivity contribution in [1.29, 1.82) is 0 Å². The van der Waals surface area contributed by atoms with Gasteiger partial charge in [-0.05, 0) is 24.0 Å². The maximum Gasteiger partial charge on any atom is 0.404 e. The molecule has 2 rings (SSSR count). The highest BCUT2D eigenvalue weighted by molar-refractivity contribution is 5.90. The summed E-state index contributed by atoms with van der Waals surface area (Å²) in [5, 5.41) is 26.1. The van der Waals surface area contributed by atoms with E-state index in [-0.39, 0.29) is 32.5 Å². The van der Waals surface area contributed by atoms with E-state index in [1.54, 1.807) is 0 Å². The van der Waals surface area contributed by atoms with Crippen LogP contribution in [-0.2, 0) is 22.4 Å². The maximum atomic E-state index is 12.7. The fourth-order valence-electron chi connectivity index (χ4n) is 3.34. The molecule has 0 spiro atoms. The number of benzene rings is 1. The van der Waals surface area contributed by atoms with Gasteiger partial charge in [-0.3, -0.25) is 9.59 Å². The SMILES string of the molecule is CC(C)Cc1[nH]c2ccccc2c1C[C@H](NC(=O)CCNC(=O)O)C(=O)NCCO. The Labute approximate surface area is 175 Å². The van der Waals surface area contributed by atoms with Crippen LogP contribution in [0, 0.1) is 5.92 Å². The molecule has 0 unspecified atom stereocenters. The number of carbonyl (C=O) groups is 3. The van der Waals surface area contributed by atoms with E-state index in [9.17, 15) is 14.4 Å². The van der Waals surface area contributed by atoms with Gasteiger partial charge < -0.3 is 31.1 Å². The van der Waals surface area contributed by atoms with Crippen LogP contribution >= 0.6 is 0 Å². The molecule has 0 aliphatic carbocycles. The van der Waals surface area contributed by atoms with Crippen LogP contribution in [0.2, 0.25) is 0 Å². The number of aromatic amines is 1. The molecule has 1 aromatic heterocycles. The van der Waals surface area contributed by atoms with Crippen molar-refractivity contribution in [3.8, 4) is 0 Å². The van der Waals surface area contributed by atoms with E-state index >= 15 is 0 Å². The number of nitrogens with one attached hydrogen (secondary N) is 4. The number of amides is 3. The minimum Gasteiger partial charge on any atom is -0.465 e. The molecular weight excluding hydrogens is 388 g/mol. The first kappa shape index (κ1) is 23.2. The zero-order chi connectivity index (χ0) is 22.1. The Morgan fingerprint density at radius 2 is 1.80 bits per heavy atom. The van der Waals surface area contributed by atoms with E-state index in [1.807, 2.05) is 24.3 Å². The summed E-state index contributed by atoms with van der Waals surface area (Å²) < 4.78 is 0. The van der Waals surface area contributed by atoms with E-state index in [0.717, 1.165) is 28.6 Å². The van der Waals surface area contributed by atoms with E-state index in [0.29, 0.717) is 5.92 Å². The molecule has 1 aromatic carbocycles. The molecule has 0 saturated carbocycles. The van der Waals surface area contributed by atoms with Gasteiger partial charge in [0.1, 0.15) is 6.04 Å². The number of carboxylic acid groups (broad SMARTS) is 1. The first-order chi connectivity index (χ1) is 14.3. The largest absolute Gasteiger partial charge is 0.465 e.